The SMILES string of the molecule is O=C(NC=Cc1cc(F)cc(C(F)(F)F)c1)C(c1csc2ccc(Cl)cc12)P1(=O)OCCCO1. The number of benzene rings is 2. The van der Waals surface area contributed by atoms with Crippen molar-refractivity contribution >= 4 is 52.6 Å². The van der Waals surface area contributed by atoms with E-state index in [1.807, 2.05) is 0 Å². The van der Waals surface area contributed by atoms with Crippen LogP contribution in [0, 0.1) is 5.82 Å². The van der Waals surface area contributed by atoms with E-state index in [4.69, 9.17) is 20.6 Å². The van der Waals surface area contributed by atoms with Gasteiger partial charge in [-0.05, 0) is 70.8 Å². The Hall–Kier alpha value is -2.23. The molecular weight excluding hydrogens is 517 g/mol. The average molecular weight is 534 g/mol. The maximum Gasteiger partial charge on any atom is 0.416 e. The zero-order valence-electron chi connectivity index (χ0n) is 17.3. The molecule has 0 bridgehead atoms. The smallest absolute Gasteiger partial charge is 0.332 e. The highest BCUT2D eigenvalue weighted by Gasteiger charge is 2.45. The number of carbonyl (C=O) groups is 1. The predicted octanol–water partition coefficient (Wildman–Crippen LogP) is 7.17. The van der Waals surface area contributed by atoms with E-state index in [1.54, 1.807) is 23.6 Å². The van der Waals surface area contributed by atoms with Crippen molar-refractivity contribution in [2.24, 2.45) is 0 Å². The molecule has 1 aliphatic rings. The Labute approximate surface area is 200 Å². The van der Waals surface area contributed by atoms with E-state index in [2.05, 4.69) is 5.32 Å². The minimum absolute atomic E-state index is 0.117. The molecular formula is C22H17ClF4NO4PS. The van der Waals surface area contributed by atoms with Gasteiger partial charge in [0.15, 0.2) is 5.66 Å². The molecule has 0 saturated carbocycles. The van der Waals surface area contributed by atoms with Crippen molar-refractivity contribution < 1.29 is 36.0 Å². The van der Waals surface area contributed by atoms with E-state index >= 15 is 0 Å². The zero-order chi connectivity index (χ0) is 24.5. The second kappa shape index (κ2) is 9.79. The number of alkyl halides is 3. The van der Waals surface area contributed by atoms with Gasteiger partial charge in [0.2, 0.25) is 5.91 Å². The molecule has 2 aromatic carbocycles. The lowest BCUT2D eigenvalue weighted by Gasteiger charge is -2.29. The van der Waals surface area contributed by atoms with Crippen LogP contribution in [0.2, 0.25) is 5.02 Å². The summed E-state index contributed by atoms with van der Waals surface area (Å²) in [5, 5.41) is 5.10. The maximum atomic E-state index is 13.6. The lowest BCUT2D eigenvalue weighted by Crippen LogP contribution is -2.28. The zero-order valence-corrected chi connectivity index (χ0v) is 19.7. The van der Waals surface area contributed by atoms with Crippen LogP contribution < -0.4 is 5.32 Å². The van der Waals surface area contributed by atoms with Crippen LogP contribution in [0.15, 0.2) is 48.0 Å². The number of thiophene rings is 1. The Bertz CT molecular complexity index is 1300. The van der Waals surface area contributed by atoms with Gasteiger partial charge >= 0.3 is 13.8 Å². The Kier molecular flexibility index (Phi) is 7.17. The van der Waals surface area contributed by atoms with Crippen molar-refractivity contribution in [1.82, 2.24) is 5.32 Å². The monoisotopic (exact) mass is 533 g/mol. The van der Waals surface area contributed by atoms with Crippen LogP contribution in [-0.2, 0) is 24.6 Å². The first-order chi connectivity index (χ1) is 16.1. The summed E-state index contributed by atoms with van der Waals surface area (Å²) >= 11 is 7.43. The number of halogens is 5. The number of fused-ring (bicyclic) bond motifs is 1. The van der Waals surface area contributed by atoms with Gasteiger partial charge in [0, 0.05) is 15.9 Å². The standard InChI is InChI=1S/C22H17ClF4NO4PS/c23-15-2-3-19-17(11-15)18(12-34-19)20(33(30)31-6-1-7-32-33)21(29)28-5-4-13-8-14(22(25,26)27)10-16(24)9-13/h2-5,8-12,20H,1,6-7H2,(H,28,29). The van der Waals surface area contributed by atoms with Crippen molar-refractivity contribution in [2.75, 3.05) is 13.2 Å². The van der Waals surface area contributed by atoms with Crippen LogP contribution in [0.25, 0.3) is 16.2 Å². The van der Waals surface area contributed by atoms with Crippen LogP contribution in [0.4, 0.5) is 17.6 Å². The number of amides is 1. The molecule has 0 aliphatic carbocycles. The summed E-state index contributed by atoms with van der Waals surface area (Å²) in [5.41, 5.74) is -2.23. The summed E-state index contributed by atoms with van der Waals surface area (Å²) in [6, 6.07) is 7.10. The third-order valence-corrected chi connectivity index (χ3v) is 8.45. The number of hydrogen-bond acceptors (Lipinski definition) is 5. The van der Waals surface area contributed by atoms with Crippen LogP contribution in [-0.4, -0.2) is 19.1 Å². The Morgan fingerprint density at radius 2 is 1.91 bits per heavy atom. The minimum atomic E-state index is -4.73. The molecule has 12 heteroatoms. The Balaban J connectivity index is 1.65. The van der Waals surface area contributed by atoms with Gasteiger partial charge in [0.1, 0.15) is 5.82 Å². The summed E-state index contributed by atoms with van der Waals surface area (Å²) in [6.45, 7) is 0.284. The molecule has 180 valence electrons. The average Bonchev–Trinajstić information content (AvgIpc) is 3.16. The van der Waals surface area contributed by atoms with Gasteiger partial charge in [-0.3, -0.25) is 9.36 Å². The molecule has 3 aromatic rings. The van der Waals surface area contributed by atoms with E-state index in [0.717, 1.165) is 29.1 Å². The normalized spacial score (nSPS) is 17.2. The van der Waals surface area contributed by atoms with Crippen LogP contribution in [0.3, 0.4) is 0 Å². The number of rotatable bonds is 5. The number of hydrogen-bond donors (Lipinski definition) is 1. The van der Waals surface area contributed by atoms with Crippen LogP contribution in [0.5, 0.6) is 0 Å². The fourth-order valence-electron chi connectivity index (χ4n) is 3.49. The fourth-order valence-corrected chi connectivity index (χ4v) is 6.78. The van der Waals surface area contributed by atoms with Gasteiger partial charge in [-0.15, -0.1) is 11.3 Å². The van der Waals surface area contributed by atoms with Crippen molar-refractivity contribution in [3.05, 3.63) is 75.5 Å². The van der Waals surface area contributed by atoms with Crippen molar-refractivity contribution in [2.45, 2.75) is 18.3 Å². The molecule has 1 aliphatic heterocycles. The quantitative estimate of drug-likeness (QED) is 0.279. The highest BCUT2D eigenvalue weighted by Crippen LogP contribution is 2.63. The van der Waals surface area contributed by atoms with Gasteiger partial charge in [0.05, 0.1) is 18.8 Å². The van der Waals surface area contributed by atoms with Gasteiger partial charge in [-0.25, -0.2) is 4.39 Å². The van der Waals surface area contributed by atoms with Gasteiger partial charge in [-0.2, -0.15) is 13.2 Å². The Morgan fingerprint density at radius 3 is 2.62 bits per heavy atom. The third kappa shape index (κ3) is 5.37. The summed E-state index contributed by atoms with van der Waals surface area (Å²) in [4.78, 5) is 13.2. The van der Waals surface area contributed by atoms with Crippen molar-refractivity contribution in [1.29, 1.82) is 0 Å². The molecule has 1 fully saturated rings. The second-order valence-corrected chi connectivity index (χ2v) is 10.9. The minimum Gasteiger partial charge on any atom is -0.332 e. The third-order valence-electron chi connectivity index (χ3n) is 5.00. The van der Waals surface area contributed by atoms with E-state index in [-0.39, 0.29) is 18.8 Å². The first-order valence-electron chi connectivity index (χ1n) is 9.97. The van der Waals surface area contributed by atoms with Gasteiger partial charge in [-0.1, -0.05) is 11.6 Å². The molecule has 0 radical (unpaired) electrons. The number of nitrogens with one attached hydrogen (secondary N) is 1. The molecule has 4 rings (SSSR count). The van der Waals surface area contributed by atoms with E-state index < -0.39 is 36.7 Å². The molecule has 1 unspecified atom stereocenters. The molecule has 2 heterocycles. The van der Waals surface area contributed by atoms with Crippen molar-refractivity contribution in [3.63, 3.8) is 0 Å². The highest BCUT2D eigenvalue weighted by atomic mass is 35.5. The molecule has 1 N–H and O–H groups in total. The maximum absolute atomic E-state index is 13.6. The molecule has 34 heavy (non-hydrogen) atoms. The highest BCUT2D eigenvalue weighted by molar-refractivity contribution is 7.55. The topological polar surface area (TPSA) is 64.6 Å². The van der Waals surface area contributed by atoms with E-state index in [1.165, 1.54) is 11.3 Å². The van der Waals surface area contributed by atoms with Gasteiger partial charge < -0.3 is 14.4 Å². The Morgan fingerprint density at radius 1 is 1.18 bits per heavy atom. The predicted molar refractivity (Wildman–Crippen MR) is 122 cm³/mol. The fraction of sp³-hybridized carbons (Fsp3) is 0.227. The van der Waals surface area contributed by atoms with E-state index in [9.17, 15) is 26.9 Å². The van der Waals surface area contributed by atoms with Crippen LogP contribution in [0.1, 0.15) is 28.8 Å². The van der Waals surface area contributed by atoms with Crippen molar-refractivity contribution in [3.8, 4) is 0 Å². The first-order valence-corrected chi connectivity index (χ1v) is 12.8. The lowest BCUT2D eigenvalue weighted by molar-refractivity contribution is -0.137. The number of carbonyl (C=O) groups excluding carboxylic acids is 1. The lowest BCUT2D eigenvalue weighted by atomic mass is 10.1. The molecule has 1 aromatic heterocycles. The molecule has 1 atom stereocenters. The summed E-state index contributed by atoms with van der Waals surface area (Å²) in [5.74, 6) is -1.83. The molecule has 1 amide bonds. The first kappa shape index (κ1) is 24.9. The van der Waals surface area contributed by atoms with E-state index in [0.29, 0.717) is 28.5 Å². The summed E-state index contributed by atoms with van der Waals surface area (Å²) in [6.07, 6.45) is -2.05. The molecule has 0 spiro atoms. The molecule has 5 nitrogen and oxygen atoms in total. The summed E-state index contributed by atoms with van der Waals surface area (Å²) in [7, 11) is -3.93. The summed E-state index contributed by atoms with van der Waals surface area (Å²) < 4.78 is 77.6. The largest absolute Gasteiger partial charge is 0.416 e. The second-order valence-electron chi connectivity index (χ2n) is 7.41. The van der Waals surface area contributed by atoms with Gasteiger partial charge in [0.25, 0.3) is 0 Å². The molecule has 1 saturated heterocycles. The van der Waals surface area contributed by atoms with Crippen LogP contribution >= 0.6 is 30.5 Å².